The number of rotatable bonds is 4. The molecule has 0 bridgehead atoms. The first-order valence-electron chi connectivity index (χ1n) is 6.78. The monoisotopic (exact) mass is 412 g/mol. The van der Waals surface area contributed by atoms with Crippen LogP contribution in [0.25, 0.3) is 0 Å². The summed E-state index contributed by atoms with van der Waals surface area (Å²) < 4.78 is 23.8. The summed E-state index contributed by atoms with van der Waals surface area (Å²) in [4.78, 5) is 21.0. The number of carbonyl (C=O) groups excluding carboxylic acids is 1. The third-order valence-corrected chi connectivity index (χ3v) is 5.22. The summed E-state index contributed by atoms with van der Waals surface area (Å²) in [5.74, 6) is -1.19. The molecule has 25 heavy (non-hydrogen) atoms. The number of carbonyl (C=O) groups is 2. The van der Waals surface area contributed by atoms with E-state index in [1.165, 1.54) is 43.3 Å². The van der Waals surface area contributed by atoms with Crippen molar-refractivity contribution in [1.29, 1.82) is 0 Å². The average molecular weight is 412 g/mol. The van der Waals surface area contributed by atoms with E-state index in [1.807, 2.05) is 0 Å². The second-order valence-corrected chi connectivity index (χ2v) is 8.37. The van der Waals surface area contributed by atoms with E-state index in [0.717, 1.165) is 0 Å². The van der Waals surface area contributed by atoms with Crippen molar-refractivity contribution in [3.8, 4) is 0 Å². The Kier molecular flexibility index (Phi) is 7.40. The van der Waals surface area contributed by atoms with Gasteiger partial charge in [-0.25, -0.2) is 4.79 Å². The molecule has 0 heterocycles. The molecule has 1 unspecified atom stereocenters. The van der Waals surface area contributed by atoms with E-state index < -0.39 is 20.1 Å². The Labute approximate surface area is 146 Å². The molecule has 0 radical (unpaired) electrons. The van der Waals surface area contributed by atoms with E-state index in [2.05, 4.69) is 9.19 Å². The standard InChI is InChI=1S/C8H10AsNO5.C7H7NO2/c1-6(11)10-8-4-2-7(3-5-8)9(12,13)15-14;8-6-3-1-2-5(4-6)7(9)10/h2-5,14H,1H3,(H,10,11)(H,12,13);1-4H,8H2,(H,9,10). The molecule has 0 aliphatic heterocycles. The molecular weight excluding hydrogens is 395 g/mol. The van der Waals surface area contributed by atoms with Crippen LogP contribution in [0.1, 0.15) is 17.3 Å². The molecule has 0 fully saturated rings. The van der Waals surface area contributed by atoms with Crippen LogP contribution in [0.15, 0.2) is 48.5 Å². The Morgan fingerprint density at radius 2 is 1.76 bits per heavy atom. The summed E-state index contributed by atoms with van der Waals surface area (Å²) in [5, 5.41) is 19.2. The molecule has 0 aliphatic carbocycles. The fraction of sp³-hybridized carbons (Fsp3) is 0.0667. The normalized spacial score (nSPS) is 12.3. The zero-order valence-corrected chi connectivity index (χ0v) is 15.0. The van der Waals surface area contributed by atoms with Crippen molar-refractivity contribution in [2.75, 3.05) is 11.1 Å². The zero-order valence-electron chi connectivity index (χ0n) is 13.1. The van der Waals surface area contributed by atoms with Gasteiger partial charge in [0.05, 0.1) is 5.56 Å². The van der Waals surface area contributed by atoms with E-state index in [0.29, 0.717) is 11.4 Å². The second-order valence-electron chi connectivity index (χ2n) is 4.76. The minimum atomic E-state index is -4.76. The van der Waals surface area contributed by atoms with Crippen molar-refractivity contribution in [2.45, 2.75) is 6.92 Å². The maximum Gasteiger partial charge on any atom is 0.335 e. The number of nitrogens with two attached hydrogens (primary N) is 1. The predicted molar refractivity (Wildman–Crippen MR) is 90.6 cm³/mol. The Morgan fingerprint density at radius 1 is 1.16 bits per heavy atom. The molecule has 2 rings (SSSR count). The van der Waals surface area contributed by atoms with E-state index in [-0.39, 0.29) is 15.8 Å². The Hall–Kier alpha value is -2.58. The quantitative estimate of drug-likeness (QED) is 0.212. The van der Waals surface area contributed by atoms with Crippen LogP contribution in [-0.4, -0.2) is 40.5 Å². The molecule has 0 aromatic heterocycles. The molecule has 0 saturated carbocycles. The summed E-state index contributed by atoms with van der Waals surface area (Å²) >= 11 is -4.76. The predicted octanol–water partition coefficient (Wildman–Crippen LogP) is 0.670. The molecule has 2 aromatic rings. The van der Waals surface area contributed by atoms with Gasteiger partial charge in [0.15, 0.2) is 0 Å². The average Bonchev–Trinajstić information content (AvgIpc) is 2.55. The summed E-state index contributed by atoms with van der Waals surface area (Å²) in [6, 6.07) is 11.7. The van der Waals surface area contributed by atoms with Crippen LogP contribution >= 0.6 is 0 Å². The number of anilines is 2. The Morgan fingerprint density at radius 3 is 2.16 bits per heavy atom. The summed E-state index contributed by atoms with van der Waals surface area (Å²) in [5.41, 5.74) is 6.53. The maximum absolute atomic E-state index is 11.2. The molecule has 0 spiro atoms. The number of hydrogen-bond acceptors (Lipinski definition) is 6. The fourth-order valence-corrected chi connectivity index (χ4v) is 2.96. The van der Waals surface area contributed by atoms with Crippen LogP contribution in [0.5, 0.6) is 0 Å². The van der Waals surface area contributed by atoms with E-state index >= 15 is 0 Å². The number of nitrogens with one attached hydrogen (secondary N) is 1. The van der Waals surface area contributed by atoms with Crippen molar-refractivity contribution in [3.63, 3.8) is 0 Å². The maximum atomic E-state index is 11.2. The number of amides is 1. The van der Waals surface area contributed by atoms with Crippen LogP contribution in [0, 0.1) is 0 Å². The van der Waals surface area contributed by atoms with E-state index in [4.69, 9.17) is 20.2 Å². The number of nitrogen functional groups attached to an aromatic ring is 1. The number of hydrogen-bond donors (Lipinski definition) is 5. The van der Waals surface area contributed by atoms with Crippen LogP contribution in [-0.2, 0) is 12.4 Å². The molecular formula is C15H17AsN2O7. The first kappa shape index (κ1) is 20.5. The topological polar surface area (TPSA) is 159 Å². The second kappa shape index (κ2) is 9.05. The van der Waals surface area contributed by atoms with Crippen LogP contribution < -0.4 is 15.4 Å². The van der Waals surface area contributed by atoms with Crippen LogP contribution in [0.3, 0.4) is 0 Å². The molecule has 1 atom stereocenters. The molecule has 2 aromatic carbocycles. The largest absolute Gasteiger partial charge is 0.478 e. The van der Waals surface area contributed by atoms with Gasteiger partial charge in [0.2, 0.25) is 0 Å². The van der Waals surface area contributed by atoms with Gasteiger partial charge in [0.1, 0.15) is 0 Å². The summed E-state index contributed by atoms with van der Waals surface area (Å²) in [6.45, 7) is 1.35. The minimum Gasteiger partial charge on any atom is -0.478 e. The number of benzene rings is 2. The SMILES string of the molecule is CC(=O)Nc1ccc([As](=O)(O)OO)cc1.Nc1cccc(C(=O)O)c1. The van der Waals surface area contributed by atoms with Crippen molar-refractivity contribution in [1.82, 2.24) is 0 Å². The molecule has 134 valence electrons. The number of carboxylic acids is 1. The van der Waals surface area contributed by atoms with E-state index in [1.54, 1.807) is 12.1 Å². The van der Waals surface area contributed by atoms with Crippen LogP contribution in [0.4, 0.5) is 11.4 Å². The number of carboxylic acid groups (broad SMARTS) is 1. The Balaban J connectivity index is 0.000000271. The first-order chi connectivity index (χ1) is 11.7. The first-order valence-corrected chi connectivity index (χ1v) is 10.1. The third kappa shape index (κ3) is 6.82. The van der Waals surface area contributed by atoms with Gasteiger partial charge in [-0.3, -0.25) is 0 Å². The summed E-state index contributed by atoms with van der Waals surface area (Å²) in [7, 11) is 0. The molecule has 0 aliphatic rings. The van der Waals surface area contributed by atoms with E-state index in [9.17, 15) is 13.3 Å². The smallest absolute Gasteiger partial charge is 0.335 e. The van der Waals surface area contributed by atoms with Gasteiger partial charge in [-0.05, 0) is 18.2 Å². The van der Waals surface area contributed by atoms with Gasteiger partial charge >= 0.3 is 94.4 Å². The van der Waals surface area contributed by atoms with Gasteiger partial charge in [-0.15, -0.1) is 0 Å². The van der Waals surface area contributed by atoms with Crippen LogP contribution in [0.2, 0.25) is 0 Å². The molecule has 1 amide bonds. The molecule has 6 N–H and O–H groups in total. The van der Waals surface area contributed by atoms with Crippen molar-refractivity contribution >= 4 is 41.8 Å². The van der Waals surface area contributed by atoms with Gasteiger partial charge in [-0.1, -0.05) is 6.07 Å². The fourth-order valence-electron chi connectivity index (χ4n) is 1.66. The van der Waals surface area contributed by atoms with Gasteiger partial charge in [0.25, 0.3) is 0 Å². The van der Waals surface area contributed by atoms with Crippen molar-refractivity contribution in [2.24, 2.45) is 0 Å². The molecule has 0 saturated heterocycles. The Bertz CT molecular complexity index is 793. The number of aromatic carboxylic acids is 1. The van der Waals surface area contributed by atoms with Gasteiger partial charge in [-0.2, -0.15) is 0 Å². The third-order valence-electron chi connectivity index (χ3n) is 2.76. The van der Waals surface area contributed by atoms with Crippen molar-refractivity contribution in [3.05, 3.63) is 54.1 Å². The zero-order chi connectivity index (χ0) is 19.0. The minimum absolute atomic E-state index is 0.00438. The molecule has 10 heteroatoms. The van der Waals surface area contributed by atoms with Gasteiger partial charge in [0, 0.05) is 5.69 Å². The summed E-state index contributed by atoms with van der Waals surface area (Å²) in [6.07, 6.45) is 0. The molecule has 9 nitrogen and oxygen atoms in total. The van der Waals surface area contributed by atoms with Crippen molar-refractivity contribution < 1.29 is 31.7 Å². The van der Waals surface area contributed by atoms with Gasteiger partial charge < -0.3 is 10.8 Å².